The first-order chi connectivity index (χ1) is 5.09. The van der Waals surface area contributed by atoms with Crippen LogP contribution in [0.2, 0.25) is 0 Å². The Balaban J connectivity index is 2.77. The van der Waals surface area contributed by atoms with Gasteiger partial charge in [-0.25, -0.2) is 9.79 Å². The molecule has 1 amide bonds. The Morgan fingerprint density at radius 2 is 2.45 bits per heavy atom. The number of nitrogens with one attached hydrogen (secondary N) is 1. The molecule has 4 N–H and O–H groups in total. The summed E-state index contributed by atoms with van der Waals surface area (Å²) in [5, 5.41) is 10.6. The minimum Gasteiger partial charge on any atom is -0.480 e. The average Bonchev–Trinajstić information content (AvgIpc) is 1.85. The molecule has 0 saturated carbocycles. The standard InChI is InChI=1S/C5H7N3O3/c6-5-7-2(4(10)11)1-3(9)8-5/h2H,1H2,(H,10,11)(H3,6,7,8,9). The Morgan fingerprint density at radius 3 is 2.91 bits per heavy atom. The van der Waals surface area contributed by atoms with Crippen molar-refractivity contribution in [3.8, 4) is 0 Å². The topological polar surface area (TPSA) is 105 Å². The minimum absolute atomic E-state index is 0.131. The summed E-state index contributed by atoms with van der Waals surface area (Å²) in [6, 6.07) is -1.02. The molecule has 0 spiro atoms. The highest BCUT2D eigenvalue weighted by Gasteiger charge is 2.24. The molecule has 6 heteroatoms. The number of carbonyl (C=O) groups excluding carboxylic acids is 1. The van der Waals surface area contributed by atoms with Crippen LogP contribution in [0.25, 0.3) is 0 Å². The SMILES string of the molecule is NC1=NC(C(=O)O)CC(=O)N1. The van der Waals surface area contributed by atoms with Gasteiger partial charge in [0.25, 0.3) is 0 Å². The summed E-state index contributed by atoms with van der Waals surface area (Å²) in [7, 11) is 0. The van der Waals surface area contributed by atoms with Crippen molar-refractivity contribution in [3.63, 3.8) is 0 Å². The third-order valence-electron chi connectivity index (χ3n) is 1.23. The van der Waals surface area contributed by atoms with Gasteiger partial charge in [-0.1, -0.05) is 0 Å². The van der Waals surface area contributed by atoms with E-state index in [0.717, 1.165) is 0 Å². The summed E-state index contributed by atoms with van der Waals surface area (Å²) in [6.45, 7) is 0. The van der Waals surface area contributed by atoms with E-state index < -0.39 is 17.9 Å². The molecule has 1 rings (SSSR count). The van der Waals surface area contributed by atoms with E-state index in [1.54, 1.807) is 0 Å². The first-order valence-corrected chi connectivity index (χ1v) is 2.95. The number of carboxylic acids is 1. The second-order valence-corrected chi connectivity index (χ2v) is 2.12. The number of nitrogens with zero attached hydrogens (tertiary/aromatic N) is 1. The smallest absolute Gasteiger partial charge is 0.329 e. The molecule has 0 aromatic rings. The Labute approximate surface area is 62.1 Å². The van der Waals surface area contributed by atoms with Gasteiger partial charge in [0.1, 0.15) is 0 Å². The molecule has 0 aromatic heterocycles. The number of carboxylic acid groups (broad SMARTS) is 1. The Kier molecular flexibility index (Phi) is 1.75. The molecular weight excluding hydrogens is 150 g/mol. The molecule has 1 unspecified atom stereocenters. The maximum absolute atomic E-state index is 10.7. The van der Waals surface area contributed by atoms with Gasteiger partial charge in [0.05, 0.1) is 6.42 Å². The molecule has 60 valence electrons. The highest BCUT2D eigenvalue weighted by Crippen LogP contribution is 2.01. The van der Waals surface area contributed by atoms with Crippen molar-refractivity contribution < 1.29 is 14.7 Å². The molecule has 0 fully saturated rings. The van der Waals surface area contributed by atoms with Crippen LogP contribution in [0.4, 0.5) is 0 Å². The normalized spacial score (nSPS) is 23.8. The number of rotatable bonds is 1. The molecule has 0 aliphatic carbocycles. The lowest BCUT2D eigenvalue weighted by Crippen LogP contribution is -2.45. The van der Waals surface area contributed by atoms with Gasteiger partial charge in [0, 0.05) is 0 Å². The highest BCUT2D eigenvalue weighted by molar-refractivity contribution is 6.01. The van der Waals surface area contributed by atoms with Gasteiger partial charge < -0.3 is 10.8 Å². The van der Waals surface area contributed by atoms with E-state index >= 15 is 0 Å². The molecule has 0 aromatic carbocycles. The van der Waals surface area contributed by atoms with Crippen LogP contribution < -0.4 is 11.1 Å². The first-order valence-electron chi connectivity index (χ1n) is 2.95. The number of carbonyl (C=O) groups is 2. The highest BCUT2D eigenvalue weighted by atomic mass is 16.4. The average molecular weight is 157 g/mol. The number of guanidine groups is 1. The van der Waals surface area contributed by atoms with Crippen molar-refractivity contribution in [2.45, 2.75) is 12.5 Å². The van der Waals surface area contributed by atoms with Gasteiger partial charge in [0.2, 0.25) is 5.91 Å². The molecule has 1 heterocycles. The van der Waals surface area contributed by atoms with Crippen LogP contribution in [-0.4, -0.2) is 29.0 Å². The fourth-order valence-electron chi connectivity index (χ4n) is 0.758. The summed E-state index contributed by atoms with van der Waals surface area (Å²) in [4.78, 5) is 24.5. The summed E-state index contributed by atoms with van der Waals surface area (Å²) in [5.74, 6) is -1.68. The molecule has 1 atom stereocenters. The molecule has 0 saturated heterocycles. The molecule has 1 aliphatic heterocycles. The molecule has 1 aliphatic rings. The Hall–Kier alpha value is -1.59. The quantitative estimate of drug-likeness (QED) is 0.420. The molecule has 6 nitrogen and oxygen atoms in total. The van der Waals surface area contributed by atoms with Crippen molar-refractivity contribution in [3.05, 3.63) is 0 Å². The Morgan fingerprint density at radius 1 is 1.82 bits per heavy atom. The number of amides is 1. The van der Waals surface area contributed by atoms with Crippen molar-refractivity contribution in [2.24, 2.45) is 10.7 Å². The van der Waals surface area contributed by atoms with E-state index in [-0.39, 0.29) is 12.4 Å². The largest absolute Gasteiger partial charge is 0.480 e. The van der Waals surface area contributed by atoms with Crippen LogP contribution in [0.5, 0.6) is 0 Å². The predicted octanol–water partition coefficient (Wildman–Crippen LogP) is -1.73. The summed E-state index contributed by atoms with van der Waals surface area (Å²) < 4.78 is 0. The maximum Gasteiger partial charge on any atom is 0.329 e. The first kappa shape index (κ1) is 7.52. The van der Waals surface area contributed by atoms with E-state index in [0.29, 0.717) is 0 Å². The van der Waals surface area contributed by atoms with Crippen LogP contribution in [-0.2, 0) is 9.59 Å². The zero-order valence-electron chi connectivity index (χ0n) is 5.57. The monoisotopic (exact) mass is 157 g/mol. The molecule has 0 bridgehead atoms. The van der Waals surface area contributed by atoms with Crippen molar-refractivity contribution in [2.75, 3.05) is 0 Å². The second kappa shape index (κ2) is 2.57. The van der Waals surface area contributed by atoms with Crippen molar-refractivity contribution >= 4 is 17.8 Å². The van der Waals surface area contributed by atoms with E-state index in [4.69, 9.17) is 10.8 Å². The van der Waals surface area contributed by atoms with E-state index in [9.17, 15) is 9.59 Å². The molecular formula is C5H7N3O3. The van der Waals surface area contributed by atoms with Gasteiger partial charge in [0.15, 0.2) is 12.0 Å². The summed E-state index contributed by atoms with van der Waals surface area (Å²) >= 11 is 0. The molecule has 0 radical (unpaired) electrons. The van der Waals surface area contributed by atoms with Crippen molar-refractivity contribution in [1.82, 2.24) is 5.32 Å². The zero-order valence-corrected chi connectivity index (χ0v) is 5.57. The van der Waals surface area contributed by atoms with E-state index in [1.165, 1.54) is 0 Å². The van der Waals surface area contributed by atoms with Crippen molar-refractivity contribution in [1.29, 1.82) is 0 Å². The van der Waals surface area contributed by atoms with Crippen LogP contribution in [0.1, 0.15) is 6.42 Å². The Bertz CT molecular complexity index is 235. The third-order valence-corrected chi connectivity index (χ3v) is 1.23. The summed E-state index contributed by atoms with van der Waals surface area (Å²) in [6.07, 6.45) is -0.143. The predicted molar refractivity (Wildman–Crippen MR) is 35.8 cm³/mol. The third kappa shape index (κ3) is 1.66. The van der Waals surface area contributed by atoms with Gasteiger partial charge in [-0.2, -0.15) is 0 Å². The lowest BCUT2D eigenvalue weighted by Gasteiger charge is -2.14. The number of aliphatic imine (C=N–C) groups is 1. The van der Waals surface area contributed by atoms with Crippen LogP contribution >= 0.6 is 0 Å². The number of hydrogen-bond donors (Lipinski definition) is 3. The zero-order chi connectivity index (χ0) is 8.43. The lowest BCUT2D eigenvalue weighted by molar-refractivity contribution is -0.140. The van der Waals surface area contributed by atoms with Gasteiger partial charge in [-0.3, -0.25) is 10.1 Å². The van der Waals surface area contributed by atoms with Gasteiger partial charge >= 0.3 is 5.97 Å². The minimum atomic E-state index is -1.14. The second-order valence-electron chi connectivity index (χ2n) is 2.12. The number of aliphatic carboxylic acids is 1. The van der Waals surface area contributed by atoms with Crippen LogP contribution in [0.15, 0.2) is 4.99 Å². The number of hydrogen-bond acceptors (Lipinski definition) is 4. The number of nitrogens with two attached hydrogens (primary N) is 1. The van der Waals surface area contributed by atoms with Crippen LogP contribution in [0.3, 0.4) is 0 Å². The van der Waals surface area contributed by atoms with Gasteiger partial charge in [-0.15, -0.1) is 0 Å². The summed E-state index contributed by atoms with van der Waals surface area (Å²) in [5.41, 5.74) is 5.11. The van der Waals surface area contributed by atoms with Gasteiger partial charge in [-0.05, 0) is 0 Å². The maximum atomic E-state index is 10.7. The fourth-order valence-corrected chi connectivity index (χ4v) is 0.758. The van der Waals surface area contributed by atoms with E-state index in [1.807, 2.05) is 0 Å². The lowest BCUT2D eigenvalue weighted by atomic mass is 10.2. The van der Waals surface area contributed by atoms with Crippen LogP contribution in [0, 0.1) is 0 Å². The van der Waals surface area contributed by atoms with E-state index in [2.05, 4.69) is 10.3 Å². The fraction of sp³-hybridized carbons (Fsp3) is 0.400. The molecule has 11 heavy (non-hydrogen) atoms.